The highest BCUT2D eigenvalue weighted by Crippen LogP contribution is 2.12. The Morgan fingerprint density at radius 2 is 2.58 bits per heavy atom. The molecule has 0 unspecified atom stereocenters. The summed E-state index contributed by atoms with van der Waals surface area (Å²) in [7, 11) is 0. The highest BCUT2D eigenvalue weighted by molar-refractivity contribution is 9.10. The van der Waals surface area contributed by atoms with Gasteiger partial charge in [-0.2, -0.15) is 0 Å². The number of oxime groups is 1. The number of rotatable bonds is 3. The lowest BCUT2D eigenvalue weighted by Gasteiger charge is -1.98. The Bertz CT molecular complexity index is 306. The zero-order valence-electron chi connectivity index (χ0n) is 6.31. The number of aromatic nitrogens is 2. The second kappa shape index (κ2) is 4.06. The molecule has 1 rings (SSSR count). The van der Waals surface area contributed by atoms with Gasteiger partial charge in [-0.15, -0.1) is 6.58 Å². The molecule has 5 heteroatoms. The summed E-state index contributed by atoms with van der Waals surface area (Å²) in [4.78, 5) is 3.98. The Hall–Kier alpha value is -1.10. The Morgan fingerprint density at radius 1 is 1.83 bits per heavy atom. The summed E-state index contributed by atoms with van der Waals surface area (Å²) in [6.45, 7) is 4.23. The van der Waals surface area contributed by atoms with Crippen LogP contribution in [-0.4, -0.2) is 21.0 Å². The number of hydrogen-bond donors (Lipinski definition) is 1. The minimum absolute atomic E-state index is 0.639. The average molecular weight is 230 g/mol. The SMILES string of the molecule is C=CCn1cnc(Br)c1/C=N/O. The topological polar surface area (TPSA) is 50.4 Å². The van der Waals surface area contributed by atoms with E-state index >= 15 is 0 Å². The molecule has 1 heterocycles. The molecule has 0 saturated heterocycles. The lowest BCUT2D eigenvalue weighted by Crippen LogP contribution is -1.98. The van der Waals surface area contributed by atoms with Gasteiger partial charge in [-0.1, -0.05) is 11.2 Å². The fraction of sp³-hybridized carbons (Fsp3) is 0.143. The highest BCUT2D eigenvalue weighted by atomic mass is 79.9. The molecule has 1 aromatic heterocycles. The van der Waals surface area contributed by atoms with Gasteiger partial charge in [0, 0.05) is 6.54 Å². The van der Waals surface area contributed by atoms with Gasteiger partial charge in [-0.25, -0.2) is 4.98 Å². The summed E-state index contributed by atoms with van der Waals surface area (Å²) in [6, 6.07) is 0. The molecule has 1 N–H and O–H groups in total. The van der Waals surface area contributed by atoms with Crippen LogP contribution in [0.3, 0.4) is 0 Å². The van der Waals surface area contributed by atoms with Gasteiger partial charge in [0.1, 0.15) is 4.60 Å². The Kier molecular flexibility index (Phi) is 3.04. The number of halogens is 1. The van der Waals surface area contributed by atoms with E-state index in [9.17, 15) is 0 Å². The van der Waals surface area contributed by atoms with Crippen molar-refractivity contribution in [3.63, 3.8) is 0 Å². The Labute approximate surface area is 78.4 Å². The maximum atomic E-state index is 8.34. The van der Waals surface area contributed by atoms with Crippen molar-refractivity contribution in [1.29, 1.82) is 0 Å². The fourth-order valence-corrected chi connectivity index (χ4v) is 1.26. The normalized spacial score (nSPS) is 10.8. The van der Waals surface area contributed by atoms with Crippen LogP contribution in [0, 0.1) is 0 Å². The van der Waals surface area contributed by atoms with Crippen molar-refractivity contribution in [1.82, 2.24) is 9.55 Å². The van der Waals surface area contributed by atoms with Gasteiger partial charge in [0.25, 0.3) is 0 Å². The Morgan fingerprint density at radius 3 is 3.17 bits per heavy atom. The van der Waals surface area contributed by atoms with Crippen LogP contribution in [0.4, 0.5) is 0 Å². The summed E-state index contributed by atoms with van der Waals surface area (Å²) < 4.78 is 2.46. The van der Waals surface area contributed by atoms with E-state index in [0.717, 1.165) is 5.69 Å². The molecule has 0 atom stereocenters. The van der Waals surface area contributed by atoms with Gasteiger partial charge in [0.2, 0.25) is 0 Å². The van der Waals surface area contributed by atoms with Crippen molar-refractivity contribution in [2.75, 3.05) is 0 Å². The first-order valence-electron chi connectivity index (χ1n) is 3.28. The molecule has 0 fully saturated rings. The van der Waals surface area contributed by atoms with Gasteiger partial charge in [-0.05, 0) is 15.9 Å². The predicted molar refractivity (Wildman–Crippen MR) is 49.5 cm³/mol. The standard InChI is InChI=1S/C7H8BrN3O/c1-2-3-11-5-9-7(8)6(11)4-10-12/h2,4-5,12H,1,3H2/b10-4+. The quantitative estimate of drug-likeness (QED) is 0.371. The van der Waals surface area contributed by atoms with Gasteiger partial charge >= 0.3 is 0 Å². The van der Waals surface area contributed by atoms with Gasteiger partial charge in [-0.3, -0.25) is 0 Å². The van der Waals surface area contributed by atoms with Crippen LogP contribution in [0.15, 0.2) is 28.7 Å². The maximum absolute atomic E-state index is 8.34. The first-order valence-corrected chi connectivity index (χ1v) is 4.08. The molecule has 0 spiro atoms. The summed E-state index contributed by atoms with van der Waals surface area (Å²) in [5.41, 5.74) is 0.720. The lowest BCUT2D eigenvalue weighted by atomic mass is 10.5. The largest absolute Gasteiger partial charge is 0.411 e. The Balaban J connectivity index is 3.02. The molecule has 4 nitrogen and oxygen atoms in total. The zero-order valence-corrected chi connectivity index (χ0v) is 7.90. The molecule has 0 aliphatic heterocycles. The van der Waals surface area contributed by atoms with E-state index in [1.807, 2.05) is 0 Å². The van der Waals surface area contributed by atoms with Crippen LogP contribution in [0.2, 0.25) is 0 Å². The zero-order chi connectivity index (χ0) is 8.97. The van der Waals surface area contributed by atoms with Crippen LogP contribution < -0.4 is 0 Å². The van der Waals surface area contributed by atoms with Crippen LogP contribution in [0.1, 0.15) is 5.69 Å². The van der Waals surface area contributed by atoms with Crippen LogP contribution in [-0.2, 0) is 6.54 Å². The number of allylic oxidation sites excluding steroid dienone is 1. The molecule has 0 radical (unpaired) electrons. The molecule has 0 bridgehead atoms. The van der Waals surface area contributed by atoms with Crippen LogP contribution in [0.5, 0.6) is 0 Å². The summed E-state index contributed by atoms with van der Waals surface area (Å²) in [6.07, 6.45) is 4.70. The number of hydrogen-bond acceptors (Lipinski definition) is 3. The van der Waals surface area contributed by atoms with E-state index in [4.69, 9.17) is 5.21 Å². The van der Waals surface area contributed by atoms with E-state index in [1.165, 1.54) is 6.21 Å². The van der Waals surface area contributed by atoms with Gasteiger partial charge < -0.3 is 9.77 Å². The average Bonchev–Trinajstić information content (AvgIpc) is 2.37. The van der Waals surface area contributed by atoms with Gasteiger partial charge in [0.15, 0.2) is 0 Å². The highest BCUT2D eigenvalue weighted by Gasteiger charge is 2.04. The van der Waals surface area contributed by atoms with E-state index in [1.54, 1.807) is 17.0 Å². The van der Waals surface area contributed by atoms with Crippen molar-refractivity contribution >= 4 is 22.1 Å². The van der Waals surface area contributed by atoms with Crippen molar-refractivity contribution in [3.05, 3.63) is 29.3 Å². The van der Waals surface area contributed by atoms with Gasteiger partial charge in [0.05, 0.1) is 18.2 Å². The molecule has 12 heavy (non-hydrogen) atoms. The van der Waals surface area contributed by atoms with E-state index in [2.05, 4.69) is 32.6 Å². The third kappa shape index (κ3) is 1.73. The third-order valence-corrected chi connectivity index (χ3v) is 1.95. The van der Waals surface area contributed by atoms with Crippen molar-refractivity contribution in [2.45, 2.75) is 6.54 Å². The summed E-state index contributed by atoms with van der Waals surface area (Å²) >= 11 is 3.22. The second-order valence-electron chi connectivity index (χ2n) is 2.11. The summed E-state index contributed by atoms with van der Waals surface area (Å²) in [5.74, 6) is 0. The number of imidazole rings is 1. The van der Waals surface area contributed by atoms with E-state index in [0.29, 0.717) is 11.1 Å². The molecule has 0 saturated carbocycles. The minimum atomic E-state index is 0.639. The second-order valence-corrected chi connectivity index (χ2v) is 2.86. The van der Waals surface area contributed by atoms with Crippen LogP contribution >= 0.6 is 15.9 Å². The van der Waals surface area contributed by atoms with Crippen molar-refractivity contribution in [2.24, 2.45) is 5.16 Å². The van der Waals surface area contributed by atoms with E-state index < -0.39 is 0 Å². The first-order chi connectivity index (χ1) is 5.79. The molecule has 0 amide bonds. The summed E-state index contributed by atoms with van der Waals surface area (Å²) in [5, 5.41) is 11.3. The molecule has 64 valence electrons. The van der Waals surface area contributed by atoms with Crippen molar-refractivity contribution < 1.29 is 5.21 Å². The number of nitrogens with zero attached hydrogens (tertiary/aromatic N) is 3. The monoisotopic (exact) mass is 229 g/mol. The third-order valence-electron chi connectivity index (χ3n) is 1.34. The smallest absolute Gasteiger partial charge is 0.133 e. The maximum Gasteiger partial charge on any atom is 0.133 e. The molecule has 1 aromatic rings. The molecule has 0 aliphatic carbocycles. The first kappa shape index (κ1) is 8.99. The van der Waals surface area contributed by atoms with E-state index in [-0.39, 0.29) is 0 Å². The van der Waals surface area contributed by atoms with Crippen LogP contribution in [0.25, 0.3) is 0 Å². The van der Waals surface area contributed by atoms with Crippen molar-refractivity contribution in [3.8, 4) is 0 Å². The fourth-order valence-electron chi connectivity index (χ4n) is 0.834. The lowest BCUT2D eigenvalue weighted by molar-refractivity contribution is 0.321. The molecular formula is C7H8BrN3O. The predicted octanol–water partition coefficient (Wildman–Crippen LogP) is 1.64. The molecular weight excluding hydrogens is 222 g/mol. The minimum Gasteiger partial charge on any atom is -0.411 e. The molecule has 0 aromatic carbocycles. The molecule has 0 aliphatic rings.